The van der Waals surface area contributed by atoms with Crippen molar-refractivity contribution < 1.29 is 9.59 Å². The number of carbonyl (C=O) groups excluding carboxylic acids is 2. The maximum atomic E-state index is 12.1. The Balaban J connectivity index is 1.87. The van der Waals surface area contributed by atoms with E-state index in [9.17, 15) is 9.59 Å². The van der Waals surface area contributed by atoms with Crippen molar-refractivity contribution in [3.05, 3.63) is 60.2 Å². The van der Waals surface area contributed by atoms with Crippen LogP contribution in [-0.2, 0) is 4.79 Å². The van der Waals surface area contributed by atoms with Crippen LogP contribution in [0.3, 0.4) is 0 Å². The molecule has 0 heterocycles. The third-order valence-electron chi connectivity index (χ3n) is 3.46. The van der Waals surface area contributed by atoms with Crippen molar-refractivity contribution in [2.45, 2.75) is 19.8 Å². The van der Waals surface area contributed by atoms with Crippen molar-refractivity contribution in [3.8, 4) is 0 Å². The maximum Gasteiger partial charge on any atom is 0.255 e. The Morgan fingerprint density at radius 1 is 0.958 bits per heavy atom. The number of hydrogen-bond donors (Lipinski definition) is 3. The first-order chi connectivity index (χ1) is 11.7. The molecule has 2 aromatic rings. The molecule has 2 amide bonds. The highest BCUT2D eigenvalue weighted by molar-refractivity contribution is 6.04. The molecule has 0 radical (unpaired) electrons. The molecule has 0 aliphatic heterocycles. The largest absolute Gasteiger partial charge is 0.376 e. The third kappa shape index (κ3) is 5.76. The molecule has 0 atom stereocenters. The minimum atomic E-state index is -0.162. The number of benzene rings is 2. The van der Waals surface area contributed by atoms with Crippen LogP contribution in [0.25, 0.3) is 0 Å². The first-order valence-electron chi connectivity index (χ1n) is 8.16. The predicted molar refractivity (Wildman–Crippen MR) is 97.2 cm³/mol. The lowest BCUT2D eigenvalue weighted by molar-refractivity contribution is -0.119. The summed E-state index contributed by atoms with van der Waals surface area (Å²) >= 11 is 0. The molecule has 0 unspecified atom stereocenters. The first kappa shape index (κ1) is 17.5. The summed E-state index contributed by atoms with van der Waals surface area (Å²) < 4.78 is 0. The summed E-state index contributed by atoms with van der Waals surface area (Å²) in [5.74, 6) is -0.202. The van der Waals surface area contributed by atoms with Crippen LogP contribution in [0.2, 0.25) is 0 Å². The molecular weight excluding hydrogens is 302 g/mol. The highest BCUT2D eigenvalue weighted by Gasteiger charge is 2.06. The average Bonchev–Trinajstić information content (AvgIpc) is 2.61. The number of anilines is 2. The summed E-state index contributed by atoms with van der Waals surface area (Å²) in [5, 5.41) is 8.76. The standard InChI is InChI=1S/C19H23N3O2/c1-2-3-12-20-18(23)14-21-16-10-7-11-17(13-16)22-19(24)15-8-5-4-6-9-15/h4-11,13,21H,2-3,12,14H2,1H3,(H,20,23)(H,22,24). The molecule has 3 N–H and O–H groups in total. The van der Waals surface area contributed by atoms with Gasteiger partial charge in [0.1, 0.15) is 0 Å². The van der Waals surface area contributed by atoms with Crippen molar-refractivity contribution >= 4 is 23.2 Å². The van der Waals surface area contributed by atoms with E-state index >= 15 is 0 Å². The highest BCUT2D eigenvalue weighted by atomic mass is 16.2. The summed E-state index contributed by atoms with van der Waals surface area (Å²) in [7, 11) is 0. The molecule has 2 aromatic carbocycles. The van der Waals surface area contributed by atoms with Crippen molar-refractivity contribution in [2.75, 3.05) is 23.7 Å². The normalized spacial score (nSPS) is 10.0. The van der Waals surface area contributed by atoms with Gasteiger partial charge in [-0.1, -0.05) is 37.6 Å². The summed E-state index contributed by atoms with van der Waals surface area (Å²) in [4.78, 5) is 23.8. The van der Waals surface area contributed by atoms with Crippen molar-refractivity contribution in [1.29, 1.82) is 0 Å². The Labute approximate surface area is 142 Å². The summed E-state index contributed by atoms with van der Waals surface area (Å²) in [6.07, 6.45) is 2.03. The SMILES string of the molecule is CCCCNC(=O)CNc1cccc(NC(=O)c2ccccc2)c1. The second-order valence-corrected chi connectivity index (χ2v) is 5.46. The average molecular weight is 325 g/mol. The molecule has 5 heteroatoms. The molecule has 0 bridgehead atoms. The topological polar surface area (TPSA) is 70.2 Å². The summed E-state index contributed by atoms with van der Waals surface area (Å²) in [6.45, 7) is 2.99. The van der Waals surface area contributed by atoms with Crippen LogP contribution in [0.4, 0.5) is 11.4 Å². The van der Waals surface area contributed by atoms with Gasteiger partial charge in [0.05, 0.1) is 6.54 Å². The highest BCUT2D eigenvalue weighted by Crippen LogP contribution is 2.16. The van der Waals surface area contributed by atoms with Crippen molar-refractivity contribution in [2.24, 2.45) is 0 Å². The number of unbranched alkanes of at least 4 members (excludes halogenated alkanes) is 1. The Morgan fingerprint density at radius 3 is 2.46 bits per heavy atom. The second kappa shape index (κ2) is 9.35. The zero-order chi connectivity index (χ0) is 17.2. The minimum Gasteiger partial charge on any atom is -0.376 e. The van der Waals surface area contributed by atoms with Gasteiger partial charge in [0.15, 0.2) is 0 Å². The Kier molecular flexibility index (Phi) is 6.83. The fraction of sp³-hybridized carbons (Fsp3) is 0.263. The lowest BCUT2D eigenvalue weighted by Crippen LogP contribution is -2.30. The number of hydrogen-bond acceptors (Lipinski definition) is 3. The Hall–Kier alpha value is -2.82. The Bertz CT molecular complexity index is 671. The zero-order valence-electron chi connectivity index (χ0n) is 13.8. The van der Waals surface area contributed by atoms with E-state index in [-0.39, 0.29) is 18.4 Å². The predicted octanol–water partition coefficient (Wildman–Crippen LogP) is 3.27. The van der Waals surface area contributed by atoms with Crippen LogP contribution in [0.1, 0.15) is 30.1 Å². The minimum absolute atomic E-state index is 0.0397. The number of carbonyl (C=O) groups is 2. The first-order valence-corrected chi connectivity index (χ1v) is 8.16. The van der Waals surface area contributed by atoms with E-state index in [1.54, 1.807) is 18.2 Å². The van der Waals surface area contributed by atoms with Crippen LogP contribution in [0.15, 0.2) is 54.6 Å². The summed E-state index contributed by atoms with van der Waals surface area (Å²) in [5.41, 5.74) is 2.07. The molecule has 5 nitrogen and oxygen atoms in total. The number of amides is 2. The monoisotopic (exact) mass is 325 g/mol. The van der Waals surface area contributed by atoms with Gasteiger partial charge in [-0.15, -0.1) is 0 Å². The smallest absolute Gasteiger partial charge is 0.255 e. The van der Waals surface area contributed by atoms with Gasteiger partial charge in [-0.3, -0.25) is 9.59 Å². The van der Waals surface area contributed by atoms with Gasteiger partial charge in [0.2, 0.25) is 5.91 Å². The molecule has 126 valence electrons. The van der Waals surface area contributed by atoms with Gasteiger partial charge in [0, 0.05) is 23.5 Å². The molecule has 0 fully saturated rings. The van der Waals surface area contributed by atoms with Gasteiger partial charge in [-0.25, -0.2) is 0 Å². The fourth-order valence-corrected chi connectivity index (χ4v) is 2.15. The van der Waals surface area contributed by atoms with E-state index < -0.39 is 0 Å². The fourth-order valence-electron chi connectivity index (χ4n) is 2.15. The number of rotatable bonds is 8. The molecule has 0 aromatic heterocycles. The van der Waals surface area contributed by atoms with Crippen molar-refractivity contribution in [1.82, 2.24) is 5.32 Å². The van der Waals surface area contributed by atoms with Crippen LogP contribution in [0, 0.1) is 0 Å². The lowest BCUT2D eigenvalue weighted by atomic mass is 10.2. The molecule has 0 spiro atoms. The molecule has 0 saturated heterocycles. The third-order valence-corrected chi connectivity index (χ3v) is 3.46. The van der Waals surface area contributed by atoms with Gasteiger partial charge >= 0.3 is 0 Å². The van der Waals surface area contributed by atoms with Gasteiger partial charge in [-0.05, 0) is 36.8 Å². The molecule has 2 rings (SSSR count). The molecule has 0 aliphatic carbocycles. The van der Waals surface area contributed by atoms with E-state index in [2.05, 4.69) is 22.9 Å². The zero-order valence-corrected chi connectivity index (χ0v) is 13.8. The van der Waals surface area contributed by atoms with E-state index in [4.69, 9.17) is 0 Å². The Morgan fingerprint density at radius 2 is 1.71 bits per heavy atom. The van der Waals surface area contributed by atoms with E-state index in [0.717, 1.165) is 18.5 Å². The molecule has 0 aliphatic rings. The molecular formula is C19H23N3O2. The maximum absolute atomic E-state index is 12.1. The lowest BCUT2D eigenvalue weighted by Gasteiger charge is -2.10. The van der Waals surface area contributed by atoms with Crippen LogP contribution < -0.4 is 16.0 Å². The molecule has 24 heavy (non-hydrogen) atoms. The van der Waals surface area contributed by atoms with Crippen LogP contribution in [-0.4, -0.2) is 24.9 Å². The van der Waals surface area contributed by atoms with Gasteiger partial charge in [-0.2, -0.15) is 0 Å². The molecule has 0 saturated carbocycles. The number of nitrogens with one attached hydrogen (secondary N) is 3. The van der Waals surface area contributed by atoms with Gasteiger partial charge in [0.25, 0.3) is 5.91 Å². The van der Waals surface area contributed by atoms with E-state index in [0.29, 0.717) is 17.8 Å². The van der Waals surface area contributed by atoms with Crippen LogP contribution in [0.5, 0.6) is 0 Å². The van der Waals surface area contributed by atoms with E-state index in [1.807, 2.05) is 36.4 Å². The van der Waals surface area contributed by atoms with E-state index in [1.165, 1.54) is 0 Å². The van der Waals surface area contributed by atoms with Crippen LogP contribution >= 0.6 is 0 Å². The second-order valence-electron chi connectivity index (χ2n) is 5.46. The quantitative estimate of drug-likeness (QED) is 0.652. The summed E-state index contributed by atoms with van der Waals surface area (Å²) in [6, 6.07) is 16.3. The van der Waals surface area contributed by atoms with Crippen molar-refractivity contribution in [3.63, 3.8) is 0 Å². The van der Waals surface area contributed by atoms with Gasteiger partial charge < -0.3 is 16.0 Å².